The van der Waals surface area contributed by atoms with Gasteiger partial charge in [-0.1, -0.05) is 12.1 Å². The number of anilines is 1. The number of ether oxygens (including phenoxy) is 1. The summed E-state index contributed by atoms with van der Waals surface area (Å²) in [6.45, 7) is 5.29. The van der Waals surface area contributed by atoms with E-state index < -0.39 is 4.92 Å². The minimum Gasteiger partial charge on any atom is -0.496 e. The molecule has 0 atom stereocenters. The van der Waals surface area contributed by atoms with Crippen molar-refractivity contribution in [2.45, 2.75) is 13.3 Å². The monoisotopic (exact) mass is 326 g/mol. The summed E-state index contributed by atoms with van der Waals surface area (Å²) in [5, 5.41) is 13.7. The number of allylic oxidation sites excluding steroid dienone is 1. The third kappa shape index (κ3) is 3.60. The minimum absolute atomic E-state index is 0.0325. The van der Waals surface area contributed by atoms with Crippen molar-refractivity contribution < 1.29 is 14.5 Å². The molecule has 0 radical (unpaired) electrons. The lowest BCUT2D eigenvalue weighted by molar-refractivity contribution is -0.385. The van der Waals surface area contributed by atoms with E-state index in [0.717, 1.165) is 5.56 Å². The van der Waals surface area contributed by atoms with E-state index in [-0.39, 0.29) is 11.6 Å². The van der Waals surface area contributed by atoms with Gasteiger partial charge in [0.05, 0.1) is 23.3 Å². The molecule has 1 N–H and O–H groups in total. The summed E-state index contributed by atoms with van der Waals surface area (Å²) in [5.74, 6) is 0.338. The molecule has 0 spiro atoms. The number of benzene rings is 2. The summed E-state index contributed by atoms with van der Waals surface area (Å²) >= 11 is 0. The van der Waals surface area contributed by atoms with E-state index >= 15 is 0 Å². The second-order valence-corrected chi connectivity index (χ2v) is 5.18. The Morgan fingerprint density at radius 3 is 2.75 bits per heavy atom. The molecule has 6 nitrogen and oxygen atoms in total. The van der Waals surface area contributed by atoms with Crippen molar-refractivity contribution in [3.05, 3.63) is 75.9 Å². The Hall–Kier alpha value is -3.15. The third-order valence-corrected chi connectivity index (χ3v) is 3.66. The standard InChI is InChI=1S/C18H18N2O4/c1-4-6-13-11-14(9-10-17(13)24-3)18(21)19-15-7-5-8-16(12(15)2)20(22)23/h4-5,7-11H,1,6H2,2-3H3,(H,19,21). The molecule has 0 heterocycles. The van der Waals surface area contributed by atoms with Crippen LogP contribution in [0.5, 0.6) is 5.75 Å². The van der Waals surface area contributed by atoms with E-state index in [1.165, 1.54) is 12.1 Å². The highest BCUT2D eigenvalue weighted by molar-refractivity contribution is 6.05. The van der Waals surface area contributed by atoms with Crippen LogP contribution in [0, 0.1) is 17.0 Å². The van der Waals surface area contributed by atoms with Crippen LogP contribution < -0.4 is 10.1 Å². The highest BCUT2D eigenvalue weighted by Gasteiger charge is 2.16. The summed E-state index contributed by atoms with van der Waals surface area (Å²) in [7, 11) is 1.56. The van der Waals surface area contributed by atoms with E-state index in [1.54, 1.807) is 44.4 Å². The molecule has 0 aliphatic carbocycles. The second kappa shape index (κ2) is 7.41. The maximum Gasteiger partial charge on any atom is 0.274 e. The molecule has 0 aliphatic heterocycles. The van der Waals surface area contributed by atoms with Gasteiger partial charge in [-0.05, 0) is 43.2 Å². The van der Waals surface area contributed by atoms with Gasteiger partial charge in [-0.15, -0.1) is 6.58 Å². The first-order chi connectivity index (χ1) is 11.5. The predicted octanol–water partition coefficient (Wildman–Crippen LogP) is 3.89. The quantitative estimate of drug-likeness (QED) is 0.496. The lowest BCUT2D eigenvalue weighted by atomic mass is 10.1. The number of carbonyl (C=O) groups is 1. The molecule has 2 aromatic rings. The highest BCUT2D eigenvalue weighted by atomic mass is 16.6. The van der Waals surface area contributed by atoms with Crippen LogP contribution >= 0.6 is 0 Å². The molecule has 0 saturated heterocycles. The van der Waals surface area contributed by atoms with Crippen LogP contribution in [-0.4, -0.2) is 17.9 Å². The lowest BCUT2D eigenvalue weighted by Gasteiger charge is -2.11. The van der Waals surface area contributed by atoms with Gasteiger partial charge in [0.15, 0.2) is 0 Å². The fourth-order valence-electron chi connectivity index (χ4n) is 2.39. The van der Waals surface area contributed by atoms with Crippen LogP contribution in [0.1, 0.15) is 21.5 Å². The number of nitrogens with zero attached hydrogens (tertiary/aromatic N) is 1. The van der Waals surface area contributed by atoms with Gasteiger partial charge >= 0.3 is 0 Å². The molecule has 24 heavy (non-hydrogen) atoms. The number of hydrogen-bond acceptors (Lipinski definition) is 4. The largest absolute Gasteiger partial charge is 0.496 e. The molecule has 0 bridgehead atoms. The summed E-state index contributed by atoms with van der Waals surface area (Å²) in [6.07, 6.45) is 2.30. The Morgan fingerprint density at radius 2 is 2.12 bits per heavy atom. The molecule has 1 amide bonds. The van der Waals surface area contributed by atoms with Gasteiger partial charge in [0, 0.05) is 11.6 Å². The van der Waals surface area contributed by atoms with Gasteiger partial charge in [-0.2, -0.15) is 0 Å². The van der Waals surface area contributed by atoms with Gasteiger partial charge in [0.1, 0.15) is 5.75 Å². The van der Waals surface area contributed by atoms with Gasteiger partial charge in [0.2, 0.25) is 0 Å². The maximum absolute atomic E-state index is 12.5. The van der Waals surface area contributed by atoms with Crippen LogP contribution in [0.3, 0.4) is 0 Å². The number of hydrogen-bond donors (Lipinski definition) is 1. The van der Waals surface area contributed by atoms with E-state index in [1.807, 2.05) is 0 Å². The summed E-state index contributed by atoms with van der Waals surface area (Å²) in [5.41, 5.74) is 2.08. The average Bonchev–Trinajstić information content (AvgIpc) is 2.56. The minimum atomic E-state index is -0.472. The van der Waals surface area contributed by atoms with E-state index in [9.17, 15) is 14.9 Å². The van der Waals surface area contributed by atoms with Gasteiger partial charge in [-0.3, -0.25) is 14.9 Å². The first-order valence-electron chi connectivity index (χ1n) is 7.31. The third-order valence-electron chi connectivity index (χ3n) is 3.66. The van der Waals surface area contributed by atoms with Crippen LogP contribution in [-0.2, 0) is 6.42 Å². The number of rotatable bonds is 6. The predicted molar refractivity (Wildman–Crippen MR) is 92.7 cm³/mol. The maximum atomic E-state index is 12.5. The number of nitro groups is 1. The van der Waals surface area contributed by atoms with Crippen LogP contribution in [0.25, 0.3) is 0 Å². The summed E-state index contributed by atoms with van der Waals surface area (Å²) in [6, 6.07) is 9.66. The number of nitro benzene ring substituents is 1. The average molecular weight is 326 g/mol. The first-order valence-corrected chi connectivity index (χ1v) is 7.31. The van der Waals surface area contributed by atoms with Crippen molar-refractivity contribution in [3.8, 4) is 5.75 Å². The van der Waals surface area contributed by atoms with E-state index in [4.69, 9.17) is 4.74 Å². The number of carbonyl (C=O) groups excluding carboxylic acids is 1. The topological polar surface area (TPSA) is 81.5 Å². The smallest absolute Gasteiger partial charge is 0.274 e. The molecule has 0 saturated carbocycles. The number of methoxy groups -OCH3 is 1. The second-order valence-electron chi connectivity index (χ2n) is 5.18. The van der Waals surface area contributed by atoms with Crippen molar-refractivity contribution in [2.75, 3.05) is 12.4 Å². The van der Waals surface area contributed by atoms with Gasteiger partial charge < -0.3 is 10.1 Å². The zero-order valence-electron chi connectivity index (χ0n) is 13.5. The molecule has 0 aliphatic rings. The van der Waals surface area contributed by atoms with Crippen molar-refractivity contribution in [2.24, 2.45) is 0 Å². The van der Waals surface area contributed by atoms with Crippen molar-refractivity contribution in [1.82, 2.24) is 0 Å². The Balaban J connectivity index is 2.30. The fourth-order valence-corrected chi connectivity index (χ4v) is 2.39. The van der Waals surface area contributed by atoms with Crippen molar-refractivity contribution in [1.29, 1.82) is 0 Å². The normalized spacial score (nSPS) is 10.1. The number of amides is 1. The molecule has 2 aromatic carbocycles. The first kappa shape index (κ1) is 17.2. The van der Waals surface area contributed by atoms with Crippen molar-refractivity contribution >= 4 is 17.3 Å². The van der Waals surface area contributed by atoms with E-state index in [2.05, 4.69) is 11.9 Å². The lowest BCUT2D eigenvalue weighted by Crippen LogP contribution is -2.13. The highest BCUT2D eigenvalue weighted by Crippen LogP contribution is 2.26. The molecule has 6 heteroatoms. The van der Waals surface area contributed by atoms with Crippen LogP contribution in [0.15, 0.2) is 49.1 Å². The van der Waals surface area contributed by atoms with Gasteiger partial charge in [-0.25, -0.2) is 0 Å². The van der Waals surface area contributed by atoms with Crippen molar-refractivity contribution in [3.63, 3.8) is 0 Å². The Kier molecular flexibility index (Phi) is 5.31. The van der Waals surface area contributed by atoms with E-state index in [0.29, 0.717) is 29.0 Å². The summed E-state index contributed by atoms with van der Waals surface area (Å²) < 4.78 is 5.26. The molecular formula is C18H18N2O4. The SMILES string of the molecule is C=CCc1cc(C(=O)Nc2cccc([N+](=O)[O-])c2C)ccc1OC. The Morgan fingerprint density at radius 1 is 1.38 bits per heavy atom. The molecule has 2 rings (SSSR count). The molecule has 0 aromatic heterocycles. The summed E-state index contributed by atoms with van der Waals surface area (Å²) in [4.78, 5) is 23.0. The number of nitrogens with one attached hydrogen (secondary N) is 1. The van der Waals surface area contributed by atoms with Gasteiger partial charge in [0.25, 0.3) is 11.6 Å². The molecular weight excluding hydrogens is 308 g/mol. The zero-order chi connectivity index (χ0) is 17.7. The molecule has 0 fully saturated rings. The van der Waals surface area contributed by atoms with Crippen LogP contribution in [0.4, 0.5) is 11.4 Å². The molecule has 124 valence electrons. The zero-order valence-corrected chi connectivity index (χ0v) is 13.5. The van der Waals surface area contributed by atoms with Crippen LogP contribution in [0.2, 0.25) is 0 Å². The molecule has 0 unspecified atom stereocenters. The fraction of sp³-hybridized carbons (Fsp3) is 0.167. The Labute approximate surface area is 139 Å². The Bertz CT molecular complexity index is 800.